The zero-order valence-corrected chi connectivity index (χ0v) is 13.1. The van der Waals surface area contributed by atoms with Crippen LogP contribution in [0.3, 0.4) is 0 Å². The monoisotopic (exact) mass is 294 g/mol. The van der Waals surface area contributed by atoms with E-state index in [1.807, 2.05) is 0 Å². The van der Waals surface area contributed by atoms with Crippen molar-refractivity contribution in [2.24, 2.45) is 0 Å². The largest absolute Gasteiger partial charge is 0.480 e. The number of aliphatic carboxylic acids is 1. The Hall–Kier alpha value is -0.660. The van der Waals surface area contributed by atoms with Gasteiger partial charge >= 0.3 is 5.97 Å². The molecule has 0 saturated carbocycles. The fraction of sp³-hybridized carbons (Fsp3) is 0.917. The van der Waals surface area contributed by atoms with Gasteiger partial charge in [0.2, 0.25) is 10.0 Å². The number of carbonyl (C=O) groups is 1. The van der Waals surface area contributed by atoms with Crippen LogP contribution in [0.25, 0.3) is 0 Å². The fourth-order valence-corrected chi connectivity index (χ4v) is 3.27. The molecule has 0 heterocycles. The molecule has 0 aliphatic rings. The molecule has 0 spiro atoms. The maximum absolute atomic E-state index is 12.0. The third-order valence-corrected chi connectivity index (χ3v) is 5.54. The number of sulfonamides is 1. The molecule has 0 radical (unpaired) electrons. The zero-order valence-electron chi connectivity index (χ0n) is 12.3. The van der Waals surface area contributed by atoms with Gasteiger partial charge in [-0.05, 0) is 33.0 Å². The van der Waals surface area contributed by atoms with Gasteiger partial charge in [0, 0.05) is 13.1 Å². The molecule has 0 aromatic heterocycles. The summed E-state index contributed by atoms with van der Waals surface area (Å²) in [5.74, 6) is -1.30. The van der Waals surface area contributed by atoms with Gasteiger partial charge in [0.1, 0.15) is 0 Å². The first-order valence-electron chi connectivity index (χ1n) is 6.75. The SMILES string of the molecule is CCN(CC)CCCN(CC)S(=O)(=O)C(C)C(=O)O. The van der Waals surface area contributed by atoms with Crippen LogP contribution in [0.15, 0.2) is 0 Å². The molecular weight excluding hydrogens is 268 g/mol. The predicted molar refractivity (Wildman–Crippen MR) is 75.7 cm³/mol. The zero-order chi connectivity index (χ0) is 15.1. The predicted octanol–water partition coefficient (Wildman–Crippen LogP) is 0.843. The molecule has 0 rings (SSSR count). The Labute approximate surface area is 116 Å². The van der Waals surface area contributed by atoms with Crippen LogP contribution >= 0.6 is 0 Å². The number of rotatable bonds is 10. The first kappa shape index (κ1) is 18.3. The summed E-state index contributed by atoms with van der Waals surface area (Å²) in [6.07, 6.45) is 0.709. The Bertz CT molecular complexity index is 366. The van der Waals surface area contributed by atoms with Crippen LogP contribution in [-0.4, -0.2) is 66.7 Å². The molecule has 1 N–H and O–H groups in total. The van der Waals surface area contributed by atoms with Gasteiger partial charge in [0.15, 0.2) is 5.25 Å². The molecule has 0 aliphatic heterocycles. The van der Waals surface area contributed by atoms with Crippen molar-refractivity contribution in [3.8, 4) is 0 Å². The third-order valence-electron chi connectivity index (χ3n) is 3.28. The molecule has 0 bridgehead atoms. The minimum atomic E-state index is -3.75. The lowest BCUT2D eigenvalue weighted by molar-refractivity contribution is -0.136. The second-order valence-electron chi connectivity index (χ2n) is 4.40. The van der Waals surface area contributed by atoms with E-state index in [0.29, 0.717) is 19.5 Å². The van der Waals surface area contributed by atoms with E-state index in [-0.39, 0.29) is 0 Å². The lowest BCUT2D eigenvalue weighted by Crippen LogP contribution is -2.42. The molecule has 0 fully saturated rings. The van der Waals surface area contributed by atoms with Crippen LogP contribution in [-0.2, 0) is 14.8 Å². The maximum atomic E-state index is 12.0. The lowest BCUT2D eigenvalue weighted by atomic mass is 10.3. The molecule has 0 aliphatic carbocycles. The number of hydrogen-bond acceptors (Lipinski definition) is 4. The van der Waals surface area contributed by atoms with Crippen molar-refractivity contribution >= 4 is 16.0 Å². The Balaban J connectivity index is 4.54. The summed E-state index contributed by atoms with van der Waals surface area (Å²) in [6.45, 7) is 10.4. The highest BCUT2D eigenvalue weighted by molar-refractivity contribution is 7.90. The highest BCUT2D eigenvalue weighted by atomic mass is 32.2. The highest BCUT2D eigenvalue weighted by Gasteiger charge is 2.32. The molecule has 0 amide bonds. The van der Waals surface area contributed by atoms with Gasteiger partial charge < -0.3 is 10.0 Å². The average molecular weight is 294 g/mol. The third kappa shape index (κ3) is 5.46. The van der Waals surface area contributed by atoms with E-state index in [1.54, 1.807) is 6.92 Å². The standard InChI is InChI=1S/C12H26N2O4S/c1-5-13(6-2)9-8-10-14(7-3)19(17,18)11(4)12(15)16/h11H,5-10H2,1-4H3,(H,15,16). The van der Waals surface area contributed by atoms with E-state index in [9.17, 15) is 13.2 Å². The fourth-order valence-electron chi connectivity index (χ4n) is 1.83. The van der Waals surface area contributed by atoms with E-state index in [1.165, 1.54) is 11.2 Å². The smallest absolute Gasteiger partial charge is 0.323 e. The topological polar surface area (TPSA) is 77.9 Å². The van der Waals surface area contributed by atoms with Crippen LogP contribution in [0.2, 0.25) is 0 Å². The Morgan fingerprint density at radius 2 is 1.63 bits per heavy atom. The first-order chi connectivity index (χ1) is 8.81. The Morgan fingerprint density at radius 1 is 1.11 bits per heavy atom. The molecule has 1 unspecified atom stereocenters. The molecular formula is C12H26N2O4S. The average Bonchev–Trinajstić information content (AvgIpc) is 2.37. The van der Waals surface area contributed by atoms with Crippen molar-refractivity contribution in [1.29, 1.82) is 0 Å². The minimum absolute atomic E-state index is 0.304. The second kappa shape index (κ2) is 8.50. The van der Waals surface area contributed by atoms with Crippen molar-refractivity contribution in [3.63, 3.8) is 0 Å². The van der Waals surface area contributed by atoms with Crippen LogP contribution in [0.1, 0.15) is 34.1 Å². The second-order valence-corrected chi connectivity index (χ2v) is 6.65. The highest BCUT2D eigenvalue weighted by Crippen LogP contribution is 2.10. The van der Waals surface area contributed by atoms with Gasteiger partial charge in [-0.2, -0.15) is 0 Å². The van der Waals surface area contributed by atoms with Gasteiger partial charge in [-0.15, -0.1) is 0 Å². The van der Waals surface area contributed by atoms with Crippen LogP contribution in [0.5, 0.6) is 0 Å². The maximum Gasteiger partial charge on any atom is 0.323 e. The summed E-state index contributed by atoms with van der Waals surface area (Å²) < 4.78 is 25.4. The minimum Gasteiger partial charge on any atom is -0.480 e. The van der Waals surface area contributed by atoms with E-state index in [2.05, 4.69) is 18.7 Å². The van der Waals surface area contributed by atoms with Gasteiger partial charge in [0.05, 0.1) is 0 Å². The summed E-state index contributed by atoms with van der Waals surface area (Å²) in [4.78, 5) is 13.0. The van der Waals surface area contributed by atoms with Crippen LogP contribution in [0.4, 0.5) is 0 Å². The number of carboxylic acid groups (broad SMARTS) is 1. The number of carboxylic acids is 1. The lowest BCUT2D eigenvalue weighted by Gasteiger charge is -2.24. The van der Waals surface area contributed by atoms with E-state index in [0.717, 1.165) is 19.6 Å². The van der Waals surface area contributed by atoms with E-state index >= 15 is 0 Å². The molecule has 1 atom stereocenters. The summed E-state index contributed by atoms with van der Waals surface area (Å²) in [6, 6.07) is 0. The van der Waals surface area contributed by atoms with Crippen molar-refractivity contribution < 1.29 is 18.3 Å². The molecule has 0 saturated heterocycles. The number of nitrogens with zero attached hydrogens (tertiary/aromatic N) is 2. The summed E-state index contributed by atoms with van der Waals surface area (Å²) in [5, 5.41) is 7.45. The summed E-state index contributed by atoms with van der Waals surface area (Å²) in [5.41, 5.74) is 0. The molecule has 19 heavy (non-hydrogen) atoms. The normalized spacial score (nSPS) is 14.0. The van der Waals surface area contributed by atoms with Crippen LogP contribution in [0, 0.1) is 0 Å². The van der Waals surface area contributed by atoms with Gasteiger partial charge in [-0.3, -0.25) is 4.79 Å². The van der Waals surface area contributed by atoms with E-state index < -0.39 is 21.2 Å². The van der Waals surface area contributed by atoms with E-state index in [4.69, 9.17) is 5.11 Å². The van der Waals surface area contributed by atoms with Crippen LogP contribution < -0.4 is 0 Å². The van der Waals surface area contributed by atoms with Gasteiger partial charge in [0.25, 0.3) is 0 Å². The summed E-state index contributed by atoms with van der Waals surface area (Å²) >= 11 is 0. The molecule has 0 aromatic carbocycles. The molecule has 7 heteroatoms. The van der Waals surface area contributed by atoms with Gasteiger partial charge in [-0.1, -0.05) is 20.8 Å². The van der Waals surface area contributed by atoms with Crippen molar-refractivity contribution in [3.05, 3.63) is 0 Å². The Kier molecular flexibility index (Phi) is 8.20. The van der Waals surface area contributed by atoms with Crippen molar-refractivity contribution in [1.82, 2.24) is 9.21 Å². The van der Waals surface area contributed by atoms with Crippen molar-refractivity contribution in [2.45, 2.75) is 39.4 Å². The van der Waals surface area contributed by atoms with Gasteiger partial charge in [-0.25, -0.2) is 12.7 Å². The molecule has 6 nitrogen and oxygen atoms in total. The molecule has 114 valence electrons. The quantitative estimate of drug-likeness (QED) is 0.646. The number of hydrogen-bond donors (Lipinski definition) is 1. The summed E-state index contributed by atoms with van der Waals surface area (Å²) in [7, 11) is -3.75. The van der Waals surface area contributed by atoms with Crippen molar-refractivity contribution in [2.75, 3.05) is 32.7 Å². The Morgan fingerprint density at radius 3 is 2.00 bits per heavy atom. The first-order valence-corrected chi connectivity index (χ1v) is 8.25. The molecule has 0 aromatic rings.